The lowest BCUT2D eigenvalue weighted by atomic mass is 9.43. The van der Waals surface area contributed by atoms with E-state index in [4.69, 9.17) is 0 Å². The van der Waals surface area contributed by atoms with E-state index in [0.717, 1.165) is 56.8 Å². The molecule has 2 fully saturated rings. The lowest BCUT2D eigenvalue weighted by Crippen LogP contribution is -2.57. The molecule has 0 aromatic carbocycles. The zero-order valence-corrected chi connectivity index (χ0v) is 22.8. The summed E-state index contributed by atoms with van der Waals surface area (Å²) >= 11 is 0. The molecule has 2 saturated carbocycles. The van der Waals surface area contributed by atoms with Gasteiger partial charge in [-0.1, -0.05) is 66.2 Å². The predicted octanol–water partition coefficient (Wildman–Crippen LogP) is 7.08. The smallest absolute Gasteiger partial charge is 0.159 e. The van der Waals surface area contributed by atoms with Crippen molar-refractivity contribution in [3.63, 3.8) is 0 Å². The first-order chi connectivity index (χ1) is 15.7. The number of Topliss-reactive ketones (excluding diaryl/α,β-unsaturated/α-hetero) is 1. The van der Waals surface area contributed by atoms with Crippen molar-refractivity contribution in [3.05, 3.63) is 23.3 Å². The molecule has 0 radical (unpaired) electrons. The highest BCUT2D eigenvalue weighted by Gasteiger charge is 2.65. The molecule has 0 saturated heterocycles. The summed E-state index contributed by atoms with van der Waals surface area (Å²) in [6.45, 7) is 20.1. The Kier molecular flexibility index (Phi) is 6.41. The van der Waals surface area contributed by atoms with Crippen molar-refractivity contribution < 1.29 is 14.7 Å². The van der Waals surface area contributed by atoms with Gasteiger partial charge in [-0.2, -0.15) is 0 Å². The number of carbonyl (C=O) groups is 2. The summed E-state index contributed by atoms with van der Waals surface area (Å²) in [5.41, 5.74) is 3.57. The van der Waals surface area contributed by atoms with Crippen molar-refractivity contribution in [1.82, 2.24) is 0 Å². The fourth-order valence-corrected chi connectivity index (χ4v) is 9.24. The number of ketones is 1. The maximum atomic E-state index is 13.9. The molecular weight excluding hydrogens is 420 g/mol. The van der Waals surface area contributed by atoms with E-state index in [1.165, 1.54) is 17.6 Å². The van der Waals surface area contributed by atoms with Crippen LogP contribution >= 0.6 is 0 Å². The van der Waals surface area contributed by atoms with E-state index in [0.29, 0.717) is 24.0 Å². The quantitative estimate of drug-likeness (QED) is 0.335. The molecular formula is C31H48O3. The first-order valence-electron chi connectivity index (χ1n) is 13.8. The minimum absolute atomic E-state index is 0.0305. The number of carbonyl (C=O) groups excluding carboxylic acids is 2. The van der Waals surface area contributed by atoms with Gasteiger partial charge in [0.25, 0.3) is 0 Å². The number of aldehydes is 1. The Balaban J connectivity index is 1.65. The molecule has 0 bridgehead atoms. The Morgan fingerprint density at radius 2 is 1.79 bits per heavy atom. The van der Waals surface area contributed by atoms with E-state index in [1.54, 1.807) is 0 Å². The van der Waals surface area contributed by atoms with E-state index >= 15 is 0 Å². The Morgan fingerprint density at radius 3 is 2.44 bits per heavy atom. The summed E-state index contributed by atoms with van der Waals surface area (Å²) in [7, 11) is 0. The highest BCUT2D eigenvalue weighted by molar-refractivity contribution is 5.99. The molecule has 0 amide bonds. The van der Waals surface area contributed by atoms with Gasteiger partial charge < -0.3 is 9.90 Å². The summed E-state index contributed by atoms with van der Waals surface area (Å²) in [6.07, 6.45) is 9.55. The van der Waals surface area contributed by atoms with Crippen molar-refractivity contribution >= 4 is 12.1 Å². The molecule has 4 rings (SSSR count). The first kappa shape index (κ1) is 25.9. The standard InChI is InChI=1S/C31H48O3/c1-19(21(3)18-32)9-10-20(2)22-11-16-31(8)27-23(12-15-30(22,31)7)29(6)14-13-26(34)28(4,5)25(29)17-24(27)33/h18,20-22,25-26,34H,1,9-17H2,2-8H3. The second kappa shape index (κ2) is 8.43. The third-order valence-corrected chi connectivity index (χ3v) is 12.1. The second-order valence-electron chi connectivity index (χ2n) is 13.8. The van der Waals surface area contributed by atoms with Crippen LogP contribution in [0.15, 0.2) is 23.3 Å². The fraction of sp³-hybridized carbons (Fsp3) is 0.806. The van der Waals surface area contributed by atoms with Crippen LogP contribution in [0.2, 0.25) is 0 Å². The third-order valence-electron chi connectivity index (χ3n) is 12.1. The number of allylic oxidation sites excluding steroid dienone is 3. The molecule has 190 valence electrons. The number of rotatable bonds is 6. The van der Waals surface area contributed by atoms with Crippen LogP contribution in [-0.4, -0.2) is 23.3 Å². The van der Waals surface area contributed by atoms with Gasteiger partial charge in [-0.25, -0.2) is 0 Å². The molecule has 4 aliphatic rings. The topological polar surface area (TPSA) is 54.4 Å². The van der Waals surface area contributed by atoms with Gasteiger partial charge in [0.05, 0.1) is 6.10 Å². The van der Waals surface area contributed by atoms with Crippen molar-refractivity contribution in [2.75, 3.05) is 0 Å². The van der Waals surface area contributed by atoms with Crippen LogP contribution in [0.4, 0.5) is 0 Å². The number of aliphatic hydroxyl groups is 1. The minimum Gasteiger partial charge on any atom is -0.393 e. The van der Waals surface area contributed by atoms with Crippen molar-refractivity contribution in [1.29, 1.82) is 0 Å². The predicted molar refractivity (Wildman–Crippen MR) is 138 cm³/mol. The van der Waals surface area contributed by atoms with Crippen LogP contribution in [0.25, 0.3) is 0 Å². The van der Waals surface area contributed by atoms with Crippen LogP contribution in [0.5, 0.6) is 0 Å². The molecule has 4 aliphatic carbocycles. The molecule has 8 atom stereocenters. The summed E-state index contributed by atoms with van der Waals surface area (Å²) in [4.78, 5) is 25.1. The van der Waals surface area contributed by atoms with Crippen LogP contribution in [-0.2, 0) is 9.59 Å². The molecule has 3 heteroatoms. The molecule has 0 aromatic rings. The lowest BCUT2D eigenvalue weighted by Gasteiger charge is -2.61. The molecule has 0 spiro atoms. The molecule has 0 aromatic heterocycles. The SMILES string of the molecule is C=C(CCC(C)C1CCC2(C)C3=C(CCC12C)C1(C)CCC(O)C(C)(C)C1CC3=O)C(C)C=O. The highest BCUT2D eigenvalue weighted by atomic mass is 16.3. The Morgan fingerprint density at radius 1 is 1.12 bits per heavy atom. The Hall–Kier alpha value is -1.22. The fourth-order valence-electron chi connectivity index (χ4n) is 9.24. The average molecular weight is 469 g/mol. The van der Waals surface area contributed by atoms with Gasteiger partial charge >= 0.3 is 0 Å². The van der Waals surface area contributed by atoms with Crippen LogP contribution in [0, 0.1) is 45.3 Å². The van der Waals surface area contributed by atoms with Gasteiger partial charge in [0, 0.05) is 23.3 Å². The van der Waals surface area contributed by atoms with Gasteiger partial charge in [-0.05, 0) is 85.4 Å². The van der Waals surface area contributed by atoms with Crippen LogP contribution in [0.3, 0.4) is 0 Å². The summed E-state index contributed by atoms with van der Waals surface area (Å²) in [5.74, 6) is 1.68. The monoisotopic (exact) mass is 468 g/mol. The normalized spacial score (nSPS) is 42.9. The maximum Gasteiger partial charge on any atom is 0.159 e. The zero-order valence-electron chi connectivity index (χ0n) is 22.8. The third kappa shape index (κ3) is 3.46. The van der Waals surface area contributed by atoms with E-state index < -0.39 is 0 Å². The van der Waals surface area contributed by atoms with Crippen LogP contribution in [0.1, 0.15) is 106 Å². The van der Waals surface area contributed by atoms with Crippen molar-refractivity contribution in [3.8, 4) is 0 Å². The molecule has 0 heterocycles. The van der Waals surface area contributed by atoms with Crippen LogP contribution < -0.4 is 0 Å². The Labute approximate surface area is 207 Å². The first-order valence-corrected chi connectivity index (χ1v) is 13.8. The van der Waals surface area contributed by atoms with Crippen molar-refractivity contribution in [2.24, 2.45) is 45.3 Å². The number of hydrogen-bond donors (Lipinski definition) is 1. The average Bonchev–Trinajstić information content (AvgIpc) is 3.07. The maximum absolute atomic E-state index is 13.9. The van der Waals surface area contributed by atoms with Gasteiger partial charge in [0.2, 0.25) is 0 Å². The van der Waals surface area contributed by atoms with E-state index in [1.807, 2.05) is 6.92 Å². The van der Waals surface area contributed by atoms with E-state index in [2.05, 4.69) is 48.1 Å². The van der Waals surface area contributed by atoms with Gasteiger partial charge in [0.1, 0.15) is 6.29 Å². The molecule has 1 N–H and O–H groups in total. The highest BCUT2D eigenvalue weighted by Crippen LogP contribution is 2.71. The summed E-state index contributed by atoms with van der Waals surface area (Å²) < 4.78 is 0. The van der Waals surface area contributed by atoms with E-state index in [-0.39, 0.29) is 39.6 Å². The number of aliphatic hydroxyl groups excluding tert-OH is 1. The summed E-state index contributed by atoms with van der Waals surface area (Å²) in [6, 6.07) is 0. The lowest BCUT2D eigenvalue weighted by molar-refractivity contribution is -0.134. The molecule has 3 nitrogen and oxygen atoms in total. The number of fused-ring (bicyclic) bond motifs is 4. The molecule has 0 aliphatic heterocycles. The van der Waals surface area contributed by atoms with E-state index in [9.17, 15) is 14.7 Å². The molecule has 34 heavy (non-hydrogen) atoms. The number of hydrogen-bond acceptors (Lipinski definition) is 3. The van der Waals surface area contributed by atoms with Gasteiger partial charge in [0.15, 0.2) is 5.78 Å². The van der Waals surface area contributed by atoms with Gasteiger partial charge in [-0.15, -0.1) is 0 Å². The largest absolute Gasteiger partial charge is 0.393 e. The Bertz CT molecular complexity index is 912. The second-order valence-corrected chi connectivity index (χ2v) is 13.8. The zero-order chi connectivity index (χ0) is 25.3. The summed E-state index contributed by atoms with van der Waals surface area (Å²) in [5, 5.41) is 10.8. The van der Waals surface area contributed by atoms with Crippen molar-refractivity contribution in [2.45, 2.75) is 112 Å². The van der Waals surface area contributed by atoms with Gasteiger partial charge in [-0.3, -0.25) is 4.79 Å². The molecule has 8 unspecified atom stereocenters. The minimum atomic E-state index is -0.321.